The number of hydrogen-bond donors (Lipinski definition) is 1. The summed E-state index contributed by atoms with van der Waals surface area (Å²) in [5, 5.41) is 3.69. The van der Waals surface area contributed by atoms with Crippen molar-refractivity contribution in [1.82, 2.24) is 15.1 Å². The van der Waals surface area contributed by atoms with Crippen LogP contribution in [0.1, 0.15) is 36.9 Å². The minimum absolute atomic E-state index is 0.107. The van der Waals surface area contributed by atoms with Crippen molar-refractivity contribution < 1.29 is 9.13 Å². The molecule has 2 heterocycles. The SMILES string of the molecule is Cc1ccc(C(C)NC2CCN(CCN3CCOCC3)CC2)cc1F. The van der Waals surface area contributed by atoms with E-state index >= 15 is 0 Å². The first-order valence-electron chi connectivity index (χ1n) is 9.66. The Morgan fingerprint density at radius 3 is 2.40 bits per heavy atom. The van der Waals surface area contributed by atoms with E-state index in [0.29, 0.717) is 11.6 Å². The summed E-state index contributed by atoms with van der Waals surface area (Å²) < 4.78 is 19.2. The molecule has 0 saturated carbocycles. The normalized spacial score (nSPS) is 22.2. The van der Waals surface area contributed by atoms with Crippen molar-refractivity contribution in [2.75, 3.05) is 52.5 Å². The lowest BCUT2D eigenvalue weighted by Gasteiger charge is -2.35. The molecule has 2 fully saturated rings. The average molecular weight is 349 g/mol. The molecule has 3 rings (SSSR count). The van der Waals surface area contributed by atoms with Gasteiger partial charge in [-0.3, -0.25) is 4.90 Å². The van der Waals surface area contributed by atoms with Crippen molar-refractivity contribution in [1.29, 1.82) is 0 Å². The third-order valence-electron chi connectivity index (χ3n) is 5.61. The Morgan fingerprint density at radius 2 is 1.76 bits per heavy atom. The second kappa shape index (κ2) is 9.08. The van der Waals surface area contributed by atoms with Gasteiger partial charge in [0, 0.05) is 38.3 Å². The zero-order chi connectivity index (χ0) is 17.6. The quantitative estimate of drug-likeness (QED) is 0.854. The van der Waals surface area contributed by atoms with Crippen molar-refractivity contribution in [3.05, 3.63) is 35.1 Å². The molecule has 0 radical (unpaired) electrons. The lowest BCUT2D eigenvalue weighted by molar-refractivity contribution is 0.0318. The summed E-state index contributed by atoms with van der Waals surface area (Å²) in [4.78, 5) is 5.08. The molecule has 2 aliphatic heterocycles. The van der Waals surface area contributed by atoms with Crippen LogP contribution < -0.4 is 5.32 Å². The van der Waals surface area contributed by atoms with Crippen LogP contribution >= 0.6 is 0 Å². The van der Waals surface area contributed by atoms with Gasteiger partial charge in [-0.2, -0.15) is 0 Å². The van der Waals surface area contributed by atoms with Gasteiger partial charge >= 0.3 is 0 Å². The van der Waals surface area contributed by atoms with Crippen LogP contribution in [0.25, 0.3) is 0 Å². The Labute approximate surface area is 151 Å². The summed E-state index contributed by atoms with van der Waals surface area (Å²) in [5.41, 5.74) is 1.75. The van der Waals surface area contributed by atoms with E-state index in [9.17, 15) is 4.39 Å². The number of piperidine rings is 1. The number of likely N-dealkylation sites (tertiary alicyclic amines) is 1. The number of morpholine rings is 1. The maximum Gasteiger partial charge on any atom is 0.126 e. The van der Waals surface area contributed by atoms with Gasteiger partial charge in [0.25, 0.3) is 0 Å². The molecule has 25 heavy (non-hydrogen) atoms. The van der Waals surface area contributed by atoms with Gasteiger partial charge in [-0.25, -0.2) is 4.39 Å². The van der Waals surface area contributed by atoms with Crippen molar-refractivity contribution in [3.8, 4) is 0 Å². The lowest BCUT2D eigenvalue weighted by Crippen LogP contribution is -2.46. The van der Waals surface area contributed by atoms with E-state index in [-0.39, 0.29) is 11.9 Å². The minimum atomic E-state index is -0.107. The molecular formula is C20H32FN3O. The van der Waals surface area contributed by atoms with Crippen LogP contribution in [0.15, 0.2) is 18.2 Å². The number of benzene rings is 1. The predicted octanol–water partition coefficient (Wildman–Crippen LogP) is 2.58. The topological polar surface area (TPSA) is 27.7 Å². The van der Waals surface area contributed by atoms with Gasteiger partial charge in [-0.05, 0) is 57.0 Å². The highest BCUT2D eigenvalue weighted by Crippen LogP contribution is 2.19. The molecule has 1 unspecified atom stereocenters. The second-order valence-corrected chi connectivity index (χ2v) is 7.47. The summed E-state index contributed by atoms with van der Waals surface area (Å²) in [6.07, 6.45) is 2.34. The molecule has 0 spiro atoms. The molecule has 2 saturated heterocycles. The Hall–Kier alpha value is -1.01. The highest BCUT2D eigenvalue weighted by molar-refractivity contribution is 5.25. The predicted molar refractivity (Wildman–Crippen MR) is 99.4 cm³/mol. The summed E-state index contributed by atoms with van der Waals surface area (Å²) in [5.74, 6) is -0.107. The van der Waals surface area contributed by atoms with Gasteiger partial charge < -0.3 is 15.0 Å². The van der Waals surface area contributed by atoms with Crippen LogP contribution in [0.5, 0.6) is 0 Å². The largest absolute Gasteiger partial charge is 0.379 e. The first-order chi connectivity index (χ1) is 12.1. The van der Waals surface area contributed by atoms with Crippen LogP contribution in [0.2, 0.25) is 0 Å². The number of nitrogens with zero attached hydrogens (tertiary/aromatic N) is 2. The van der Waals surface area contributed by atoms with Crippen molar-refractivity contribution in [2.24, 2.45) is 0 Å². The zero-order valence-corrected chi connectivity index (χ0v) is 15.6. The van der Waals surface area contributed by atoms with E-state index in [1.807, 2.05) is 19.1 Å². The van der Waals surface area contributed by atoms with Crippen molar-refractivity contribution in [3.63, 3.8) is 0 Å². The van der Waals surface area contributed by atoms with Crippen molar-refractivity contribution in [2.45, 2.75) is 38.8 Å². The fraction of sp³-hybridized carbons (Fsp3) is 0.700. The van der Waals surface area contributed by atoms with Crippen LogP contribution in [0.3, 0.4) is 0 Å². The van der Waals surface area contributed by atoms with E-state index in [1.54, 1.807) is 6.07 Å². The van der Waals surface area contributed by atoms with Gasteiger partial charge in [0.15, 0.2) is 0 Å². The third-order valence-corrected chi connectivity index (χ3v) is 5.61. The fourth-order valence-corrected chi connectivity index (χ4v) is 3.76. The van der Waals surface area contributed by atoms with Crippen molar-refractivity contribution >= 4 is 0 Å². The van der Waals surface area contributed by atoms with E-state index < -0.39 is 0 Å². The standard InChI is InChI=1S/C20H32FN3O/c1-16-3-4-18(15-20(16)21)17(2)22-19-5-7-23(8-6-19)9-10-24-11-13-25-14-12-24/h3-4,15,17,19,22H,5-14H2,1-2H3. The number of nitrogens with one attached hydrogen (secondary N) is 1. The van der Waals surface area contributed by atoms with Gasteiger partial charge in [0.2, 0.25) is 0 Å². The van der Waals surface area contributed by atoms with Gasteiger partial charge in [-0.15, -0.1) is 0 Å². The van der Waals surface area contributed by atoms with Gasteiger partial charge in [0.05, 0.1) is 13.2 Å². The number of ether oxygens (including phenoxy) is 1. The number of aryl methyl sites for hydroxylation is 1. The Morgan fingerprint density at radius 1 is 1.12 bits per heavy atom. The molecular weight excluding hydrogens is 317 g/mol. The Bertz CT molecular complexity index is 540. The average Bonchev–Trinajstić information content (AvgIpc) is 2.64. The van der Waals surface area contributed by atoms with Gasteiger partial charge in [-0.1, -0.05) is 12.1 Å². The minimum Gasteiger partial charge on any atom is -0.379 e. The van der Waals surface area contributed by atoms with Gasteiger partial charge in [0.1, 0.15) is 5.82 Å². The Balaban J connectivity index is 1.39. The van der Waals surface area contributed by atoms with E-state index in [4.69, 9.17) is 4.74 Å². The molecule has 0 aromatic heterocycles. The van der Waals surface area contributed by atoms with E-state index in [0.717, 1.165) is 58.0 Å². The first kappa shape index (κ1) is 18.8. The van der Waals surface area contributed by atoms with Crippen LogP contribution in [0.4, 0.5) is 4.39 Å². The molecule has 140 valence electrons. The molecule has 0 aliphatic carbocycles. The third kappa shape index (κ3) is 5.48. The molecule has 2 aliphatic rings. The molecule has 5 heteroatoms. The molecule has 1 atom stereocenters. The molecule has 0 amide bonds. The summed E-state index contributed by atoms with van der Waals surface area (Å²) >= 11 is 0. The van der Waals surface area contributed by atoms with Crippen LogP contribution in [0, 0.1) is 12.7 Å². The molecule has 1 N–H and O–H groups in total. The Kier molecular flexibility index (Phi) is 6.82. The summed E-state index contributed by atoms with van der Waals surface area (Å²) in [7, 11) is 0. The number of halogens is 1. The maximum absolute atomic E-state index is 13.8. The number of rotatable bonds is 6. The molecule has 0 bridgehead atoms. The first-order valence-corrected chi connectivity index (χ1v) is 9.66. The smallest absolute Gasteiger partial charge is 0.126 e. The molecule has 1 aromatic rings. The van der Waals surface area contributed by atoms with E-state index in [1.165, 1.54) is 12.8 Å². The summed E-state index contributed by atoms with van der Waals surface area (Å²) in [6, 6.07) is 6.30. The molecule has 1 aromatic carbocycles. The molecule has 4 nitrogen and oxygen atoms in total. The van der Waals surface area contributed by atoms with Crippen LogP contribution in [-0.4, -0.2) is 68.3 Å². The summed E-state index contributed by atoms with van der Waals surface area (Å²) in [6.45, 7) is 12.5. The van der Waals surface area contributed by atoms with E-state index in [2.05, 4.69) is 22.0 Å². The monoisotopic (exact) mass is 349 g/mol. The second-order valence-electron chi connectivity index (χ2n) is 7.47. The fourth-order valence-electron chi connectivity index (χ4n) is 3.76. The van der Waals surface area contributed by atoms with Crippen LogP contribution in [-0.2, 0) is 4.74 Å². The highest BCUT2D eigenvalue weighted by Gasteiger charge is 2.21. The highest BCUT2D eigenvalue weighted by atomic mass is 19.1. The lowest BCUT2D eigenvalue weighted by atomic mass is 10.0. The number of hydrogen-bond acceptors (Lipinski definition) is 4. The zero-order valence-electron chi connectivity index (χ0n) is 15.6. The maximum atomic E-state index is 13.8.